The third kappa shape index (κ3) is 2.88. The number of nitrogens with one attached hydrogen (secondary N) is 1. The molecule has 0 saturated heterocycles. The van der Waals surface area contributed by atoms with Crippen LogP contribution in [-0.2, 0) is 6.54 Å². The Balaban J connectivity index is 2.04. The second-order valence-corrected chi connectivity index (χ2v) is 5.46. The van der Waals surface area contributed by atoms with Crippen molar-refractivity contribution >= 4 is 0 Å². The van der Waals surface area contributed by atoms with Gasteiger partial charge in [0.15, 0.2) is 0 Å². The van der Waals surface area contributed by atoms with Gasteiger partial charge in [0.05, 0.1) is 0 Å². The average Bonchev–Trinajstić information content (AvgIpc) is 2.62. The van der Waals surface area contributed by atoms with Crippen molar-refractivity contribution in [2.24, 2.45) is 5.73 Å². The number of aryl methyl sites for hydroxylation is 3. The Labute approximate surface area is 105 Å². The van der Waals surface area contributed by atoms with Gasteiger partial charge in [0, 0.05) is 18.6 Å². The summed E-state index contributed by atoms with van der Waals surface area (Å²) in [7, 11) is 0. The van der Waals surface area contributed by atoms with Gasteiger partial charge in [0.1, 0.15) is 0 Å². The molecule has 0 aromatic heterocycles. The van der Waals surface area contributed by atoms with Crippen LogP contribution in [0.5, 0.6) is 0 Å². The van der Waals surface area contributed by atoms with E-state index < -0.39 is 0 Å². The standard InChI is InChI=1S/C15H24N2/c1-10-7-11(2)13(12(3)8-10)9-17-15-6-4-5-14(15)16/h7-8,14-15,17H,4-6,9,16H2,1-3H3. The molecule has 1 aromatic rings. The fraction of sp³-hybridized carbons (Fsp3) is 0.600. The third-order valence-corrected chi connectivity index (χ3v) is 3.95. The molecule has 2 nitrogen and oxygen atoms in total. The Morgan fingerprint density at radius 2 is 1.82 bits per heavy atom. The van der Waals surface area contributed by atoms with Crippen molar-refractivity contribution < 1.29 is 0 Å². The van der Waals surface area contributed by atoms with E-state index in [9.17, 15) is 0 Å². The number of nitrogens with two attached hydrogens (primary N) is 1. The van der Waals surface area contributed by atoms with Crippen LogP contribution in [0.1, 0.15) is 41.5 Å². The van der Waals surface area contributed by atoms with E-state index >= 15 is 0 Å². The Morgan fingerprint density at radius 1 is 1.18 bits per heavy atom. The summed E-state index contributed by atoms with van der Waals surface area (Å²) in [5.74, 6) is 0. The topological polar surface area (TPSA) is 38.0 Å². The van der Waals surface area contributed by atoms with Crippen molar-refractivity contribution in [3.63, 3.8) is 0 Å². The van der Waals surface area contributed by atoms with Gasteiger partial charge in [-0.05, 0) is 50.3 Å². The van der Waals surface area contributed by atoms with Crippen LogP contribution >= 0.6 is 0 Å². The van der Waals surface area contributed by atoms with Crippen LogP contribution in [0.3, 0.4) is 0 Å². The van der Waals surface area contributed by atoms with Crippen LogP contribution in [0.2, 0.25) is 0 Å². The Bertz CT molecular complexity index is 375. The Kier molecular flexibility index (Phi) is 3.85. The SMILES string of the molecule is Cc1cc(C)c(CNC2CCCC2N)c(C)c1. The van der Waals surface area contributed by atoms with E-state index in [0.717, 1.165) is 6.54 Å². The molecule has 0 bridgehead atoms. The zero-order valence-electron chi connectivity index (χ0n) is 11.2. The van der Waals surface area contributed by atoms with Crippen LogP contribution < -0.4 is 11.1 Å². The van der Waals surface area contributed by atoms with Crippen LogP contribution in [0.25, 0.3) is 0 Å². The van der Waals surface area contributed by atoms with Gasteiger partial charge in [-0.1, -0.05) is 24.1 Å². The molecule has 1 aliphatic rings. The van der Waals surface area contributed by atoms with E-state index in [1.807, 2.05) is 0 Å². The summed E-state index contributed by atoms with van der Waals surface area (Å²) in [5.41, 5.74) is 11.6. The first-order valence-electron chi connectivity index (χ1n) is 6.63. The van der Waals surface area contributed by atoms with Crippen molar-refractivity contribution in [1.82, 2.24) is 5.32 Å². The fourth-order valence-corrected chi connectivity index (χ4v) is 2.96. The average molecular weight is 232 g/mol. The van der Waals surface area contributed by atoms with Crippen molar-refractivity contribution in [3.8, 4) is 0 Å². The molecular formula is C15H24N2. The number of rotatable bonds is 3. The molecule has 94 valence electrons. The molecule has 2 heteroatoms. The molecule has 0 radical (unpaired) electrons. The van der Waals surface area contributed by atoms with E-state index in [4.69, 9.17) is 5.73 Å². The molecule has 17 heavy (non-hydrogen) atoms. The van der Waals surface area contributed by atoms with E-state index in [1.165, 1.54) is 41.5 Å². The highest BCUT2D eigenvalue weighted by atomic mass is 15.0. The predicted octanol–water partition coefficient (Wildman–Crippen LogP) is 2.58. The summed E-state index contributed by atoms with van der Waals surface area (Å²) < 4.78 is 0. The van der Waals surface area contributed by atoms with E-state index in [2.05, 4.69) is 38.2 Å². The summed E-state index contributed by atoms with van der Waals surface area (Å²) in [6, 6.07) is 5.38. The summed E-state index contributed by atoms with van der Waals surface area (Å²) in [4.78, 5) is 0. The maximum absolute atomic E-state index is 6.08. The second kappa shape index (κ2) is 5.19. The van der Waals surface area contributed by atoms with Gasteiger partial charge in [-0.3, -0.25) is 0 Å². The lowest BCUT2D eigenvalue weighted by atomic mass is 9.99. The lowest BCUT2D eigenvalue weighted by Crippen LogP contribution is -2.40. The molecule has 2 atom stereocenters. The number of benzene rings is 1. The van der Waals surface area contributed by atoms with Gasteiger partial charge in [0.25, 0.3) is 0 Å². The smallest absolute Gasteiger partial charge is 0.0222 e. The molecular weight excluding hydrogens is 208 g/mol. The quantitative estimate of drug-likeness (QED) is 0.840. The zero-order chi connectivity index (χ0) is 12.4. The molecule has 1 aliphatic carbocycles. The Morgan fingerprint density at radius 3 is 2.35 bits per heavy atom. The lowest BCUT2D eigenvalue weighted by molar-refractivity contribution is 0.474. The van der Waals surface area contributed by atoms with E-state index in [1.54, 1.807) is 0 Å². The normalized spacial score (nSPS) is 24.2. The van der Waals surface area contributed by atoms with Crippen LogP contribution in [-0.4, -0.2) is 12.1 Å². The molecule has 2 rings (SSSR count). The minimum absolute atomic E-state index is 0.348. The molecule has 0 spiro atoms. The van der Waals surface area contributed by atoms with Gasteiger partial charge in [0.2, 0.25) is 0 Å². The monoisotopic (exact) mass is 232 g/mol. The van der Waals surface area contributed by atoms with Gasteiger partial charge >= 0.3 is 0 Å². The van der Waals surface area contributed by atoms with Gasteiger partial charge < -0.3 is 11.1 Å². The largest absolute Gasteiger partial charge is 0.326 e. The minimum atomic E-state index is 0.348. The summed E-state index contributed by atoms with van der Waals surface area (Å²) in [6.45, 7) is 7.51. The Hall–Kier alpha value is -0.860. The maximum Gasteiger partial charge on any atom is 0.0222 e. The summed E-state index contributed by atoms with van der Waals surface area (Å²) in [6.07, 6.45) is 3.67. The van der Waals surface area contributed by atoms with Crippen molar-refractivity contribution in [1.29, 1.82) is 0 Å². The predicted molar refractivity (Wildman–Crippen MR) is 73.1 cm³/mol. The van der Waals surface area contributed by atoms with Crippen LogP contribution in [0.15, 0.2) is 12.1 Å². The minimum Gasteiger partial charge on any atom is -0.326 e. The van der Waals surface area contributed by atoms with Crippen LogP contribution in [0.4, 0.5) is 0 Å². The molecule has 1 saturated carbocycles. The second-order valence-electron chi connectivity index (χ2n) is 5.46. The first kappa shape index (κ1) is 12.6. The highest BCUT2D eigenvalue weighted by Crippen LogP contribution is 2.20. The molecule has 1 aromatic carbocycles. The number of hydrogen-bond acceptors (Lipinski definition) is 2. The van der Waals surface area contributed by atoms with E-state index in [0.29, 0.717) is 12.1 Å². The van der Waals surface area contributed by atoms with E-state index in [-0.39, 0.29) is 0 Å². The van der Waals surface area contributed by atoms with Crippen LogP contribution in [0, 0.1) is 20.8 Å². The highest BCUT2D eigenvalue weighted by molar-refractivity contribution is 5.37. The first-order chi connectivity index (χ1) is 8.08. The highest BCUT2D eigenvalue weighted by Gasteiger charge is 2.23. The molecule has 2 unspecified atom stereocenters. The van der Waals surface area contributed by atoms with Gasteiger partial charge in [-0.25, -0.2) is 0 Å². The third-order valence-electron chi connectivity index (χ3n) is 3.95. The van der Waals surface area contributed by atoms with Gasteiger partial charge in [-0.2, -0.15) is 0 Å². The zero-order valence-corrected chi connectivity index (χ0v) is 11.2. The molecule has 3 N–H and O–H groups in total. The van der Waals surface area contributed by atoms with Crippen molar-refractivity contribution in [2.75, 3.05) is 0 Å². The van der Waals surface area contributed by atoms with Crippen molar-refractivity contribution in [2.45, 2.75) is 58.7 Å². The molecule has 0 aliphatic heterocycles. The summed E-state index contributed by atoms with van der Waals surface area (Å²) in [5, 5.41) is 3.62. The first-order valence-corrected chi connectivity index (χ1v) is 6.63. The number of hydrogen-bond donors (Lipinski definition) is 2. The molecule has 0 heterocycles. The molecule has 1 fully saturated rings. The summed E-state index contributed by atoms with van der Waals surface area (Å²) >= 11 is 0. The molecule has 0 amide bonds. The lowest BCUT2D eigenvalue weighted by Gasteiger charge is -2.19. The maximum atomic E-state index is 6.08. The van der Waals surface area contributed by atoms with Crippen molar-refractivity contribution in [3.05, 3.63) is 34.4 Å². The fourth-order valence-electron chi connectivity index (χ4n) is 2.96. The van der Waals surface area contributed by atoms with Gasteiger partial charge in [-0.15, -0.1) is 0 Å².